The highest BCUT2D eigenvalue weighted by atomic mass is 19.1. The van der Waals surface area contributed by atoms with Gasteiger partial charge in [-0.2, -0.15) is 4.98 Å². The Kier molecular flexibility index (Phi) is 6.79. The first kappa shape index (κ1) is 22.6. The van der Waals surface area contributed by atoms with E-state index in [-0.39, 0.29) is 36.5 Å². The van der Waals surface area contributed by atoms with Gasteiger partial charge < -0.3 is 15.6 Å². The summed E-state index contributed by atoms with van der Waals surface area (Å²) < 4.78 is 18.7. The topological polar surface area (TPSA) is 114 Å². The average molecular weight is 452 g/mol. The first-order chi connectivity index (χ1) is 15.9. The maximum Gasteiger partial charge on any atom is 0.234 e. The van der Waals surface area contributed by atoms with Crippen molar-refractivity contribution in [2.75, 3.05) is 11.9 Å². The Hall–Kier alpha value is -3.59. The van der Waals surface area contributed by atoms with Gasteiger partial charge in [-0.25, -0.2) is 4.39 Å². The van der Waals surface area contributed by atoms with Crippen LogP contribution in [0.15, 0.2) is 47.0 Å². The van der Waals surface area contributed by atoms with Gasteiger partial charge in [0.1, 0.15) is 5.82 Å². The van der Waals surface area contributed by atoms with Gasteiger partial charge in [-0.15, -0.1) is 0 Å². The molecule has 2 heterocycles. The van der Waals surface area contributed by atoms with Crippen LogP contribution in [0.2, 0.25) is 0 Å². The molecule has 33 heavy (non-hydrogen) atoms. The minimum atomic E-state index is -0.296. The van der Waals surface area contributed by atoms with Gasteiger partial charge in [-0.3, -0.25) is 14.5 Å². The van der Waals surface area contributed by atoms with E-state index in [4.69, 9.17) is 10.3 Å². The minimum Gasteiger partial charge on any atom is -0.368 e. The summed E-state index contributed by atoms with van der Waals surface area (Å²) in [6, 6.07) is 11.9. The van der Waals surface area contributed by atoms with Gasteiger partial charge >= 0.3 is 0 Å². The fraction of sp³-hybridized carbons (Fsp3) is 0.333. The number of anilines is 1. The molecular weight excluding hydrogens is 425 g/mol. The summed E-state index contributed by atoms with van der Waals surface area (Å²) in [5, 5.41) is 6.80. The summed E-state index contributed by atoms with van der Waals surface area (Å²) in [6.07, 6.45) is 2.18. The second kappa shape index (κ2) is 9.91. The fourth-order valence-corrected chi connectivity index (χ4v) is 4.02. The second-order valence-corrected chi connectivity index (χ2v) is 8.26. The molecule has 2 amide bonds. The molecule has 3 N–H and O–H groups in total. The molecule has 172 valence electrons. The quantitative estimate of drug-likeness (QED) is 0.544. The summed E-state index contributed by atoms with van der Waals surface area (Å²) in [5.41, 5.74) is 8.32. The van der Waals surface area contributed by atoms with Gasteiger partial charge in [0.2, 0.25) is 23.5 Å². The molecule has 0 radical (unpaired) electrons. The third-order valence-electron chi connectivity index (χ3n) is 5.74. The van der Waals surface area contributed by atoms with Crippen molar-refractivity contribution in [2.45, 2.75) is 45.2 Å². The number of rotatable bonds is 8. The predicted octanol–water partition coefficient (Wildman–Crippen LogP) is 3.21. The zero-order valence-corrected chi connectivity index (χ0v) is 18.4. The molecule has 0 aliphatic carbocycles. The van der Waals surface area contributed by atoms with Gasteiger partial charge in [-0.05, 0) is 67.8 Å². The smallest absolute Gasteiger partial charge is 0.234 e. The van der Waals surface area contributed by atoms with Gasteiger partial charge in [0, 0.05) is 30.6 Å². The molecule has 1 aliphatic heterocycles. The number of carbonyl (C=O) groups excluding carboxylic acids is 2. The van der Waals surface area contributed by atoms with Gasteiger partial charge in [0.25, 0.3) is 0 Å². The number of amides is 2. The molecule has 9 heteroatoms. The molecule has 1 aliphatic rings. The van der Waals surface area contributed by atoms with Gasteiger partial charge in [0.15, 0.2) is 0 Å². The van der Waals surface area contributed by atoms with Crippen molar-refractivity contribution in [2.24, 2.45) is 5.73 Å². The number of hydrogen-bond acceptors (Lipinski definition) is 6. The Morgan fingerprint density at radius 1 is 1.27 bits per heavy atom. The maximum absolute atomic E-state index is 13.5. The molecule has 1 atom stereocenters. The summed E-state index contributed by atoms with van der Waals surface area (Å²) >= 11 is 0. The van der Waals surface area contributed by atoms with Crippen molar-refractivity contribution >= 4 is 17.5 Å². The van der Waals surface area contributed by atoms with E-state index in [1.165, 1.54) is 6.07 Å². The molecule has 1 aromatic heterocycles. The standard InChI is InChI=1S/C24H26FN5O3/c1-15-12-17(7-8-19(15)25)24-28-22(33-29-24)10-9-21(31)27-18-5-2-4-16(13-18)14-30-11-3-6-20(30)23(26)32/h2,4-5,7-8,12-13,20H,3,6,9-11,14H2,1H3,(H2,26,32)(H,27,31). The predicted molar refractivity (Wildman–Crippen MR) is 120 cm³/mol. The molecule has 1 saturated heterocycles. The van der Waals surface area contributed by atoms with Crippen molar-refractivity contribution in [3.63, 3.8) is 0 Å². The van der Waals surface area contributed by atoms with E-state index in [0.29, 0.717) is 35.1 Å². The van der Waals surface area contributed by atoms with Crippen molar-refractivity contribution in [3.05, 3.63) is 65.3 Å². The number of benzene rings is 2. The van der Waals surface area contributed by atoms with Crippen LogP contribution in [0.3, 0.4) is 0 Å². The minimum absolute atomic E-state index is 0.171. The first-order valence-electron chi connectivity index (χ1n) is 10.9. The monoisotopic (exact) mass is 451 g/mol. The highest BCUT2D eigenvalue weighted by Gasteiger charge is 2.28. The normalized spacial score (nSPS) is 16.1. The number of nitrogens with two attached hydrogens (primary N) is 1. The molecule has 4 rings (SSSR count). The number of likely N-dealkylation sites (tertiary alicyclic amines) is 1. The van der Waals surface area contributed by atoms with Crippen LogP contribution in [-0.2, 0) is 22.6 Å². The summed E-state index contributed by atoms with van der Waals surface area (Å²) in [7, 11) is 0. The molecule has 2 aromatic carbocycles. The Balaban J connectivity index is 1.31. The SMILES string of the molecule is Cc1cc(-c2noc(CCC(=O)Nc3cccc(CN4CCCC4C(N)=O)c3)n2)ccc1F. The van der Waals surface area contributed by atoms with E-state index >= 15 is 0 Å². The van der Waals surface area contributed by atoms with Gasteiger partial charge in [0.05, 0.1) is 6.04 Å². The van der Waals surface area contributed by atoms with Crippen LogP contribution >= 0.6 is 0 Å². The van der Waals surface area contributed by atoms with Gasteiger partial charge in [-0.1, -0.05) is 17.3 Å². The lowest BCUT2D eigenvalue weighted by atomic mass is 10.1. The molecule has 3 aromatic rings. The lowest BCUT2D eigenvalue weighted by Crippen LogP contribution is -2.39. The molecule has 1 unspecified atom stereocenters. The molecule has 0 saturated carbocycles. The highest BCUT2D eigenvalue weighted by molar-refractivity contribution is 5.90. The van der Waals surface area contributed by atoms with E-state index in [1.54, 1.807) is 19.1 Å². The van der Waals surface area contributed by atoms with E-state index < -0.39 is 0 Å². The third-order valence-corrected chi connectivity index (χ3v) is 5.74. The van der Waals surface area contributed by atoms with Crippen LogP contribution in [0.4, 0.5) is 10.1 Å². The largest absolute Gasteiger partial charge is 0.368 e. The zero-order valence-electron chi connectivity index (χ0n) is 18.4. The average Bonchev–Trinajstić information content (AvgIpc) is 3.44. The number of halogens is 1. The molecule has 8 nitrogen and oxygen atoms in total. The highest BCUT2D eigenvalue weighted by Crippen LogP contribution is 2.22. The second-order valence-electron chi connectivity index (χ2n) is 8.26. The Morgan fingerprint density at radius 2 is 2.12 bits per heavy atom. The number of aromatic nitrogens is 2. The molecule has 1 fully saturated rings. The van der Waals surface area contributed by atoms with Crippen LogP contribution in [0.25, 0.3) is 11.4 Å². The Morgan fingerprint density at radius 3 is 2.91 bits per heavy atom. The summed E-state index contributed by atoms with van der Waals surface area (Å²) in [4.78, 5) is 30.4. The van der Waals surface area contributed by atoms with E-state index in [1.807, 2.05) is 24.3 Å². The lowest BCUT2D eigenvalue weighted by molar-refractivity contribution is -0.122. The van der Waals surface area contributed by atoms with E-state index in [0.717, 1.165) is 24.9 Å². The third kappa shape index (κ3) is 5.61. The van der Waals surface area contributed by atoms with Crippen LogP contribution in [0, 0.1) is 12.7 Å². The Labute approximate surface area is 191 Å². The first-order valence-corrected chi connectivity index (χ1v) is 10.9. The van der Waals surface area contributed by atoms with E-state index in [9.17, 15) is 14.0 Å². The number of primary amides is 1. The lowest BCUT2D eigenvalue weighted by Gasteiger charge is -2.22. The molecule has 0 bridgehead atoms. The van der Waals surface area contributed by atoms with Crippen molar-refractivity contribution in [1.82, 2.24) is 15.0 Å². The van der Waals surface area contributed by atoms with Crippen LogP contribution in [0.5, 0.6) is 0 Å². The number of nitrogens with one attached hydrogen (secondary N) is 1. The van der Waals surface area contributed by atoms with E-state index in [2.05, 4.69) is 20.4 Å². The summed E-state index contributed by atoms with van der Waals surface area (Å²) in [6.45, 7) is 3.10. The summed E-state index contributed by atoms with van der Waals surface area (Å²) in [5.74, 6) is -0.0764. The van der Waals surface area contributed by atoms with Crippen LogP contribution < -0.4 is 11.1 Å². The maximum atomic E-state index is 13.5. The van der Waals surface area contributed by atoms with Crippen LogP contribution in [0.1, 0.15) is 36.3 Å². The molecule has 0 spiro atoms. The van der Waals surface area contributed by atoms with Crippen LogP contribution in [-0.4, -0.2) is 39.4 Å². The van der Waals surface area contributed by atoms with Crippen molar-refractivity contribution < 1.29 is 18.5 Å². The Bertz CT molecular complexity index is 1160. The number of carbonyl (C=O) groups is 2. The molecular formula is C24H26FN5O3. The fourth-order valence-electron chi connectivity index (χ4n) is 4.02. The van der Waals surface area contributed by atoms with Crippen molar-refractivity contribution in [1.29, 1.82) is 0 Å². The number of nitrogens with zero attached hydrogens (tertiary/aromatic N) is 3. The van der Waals surface area contributed by atoms with Crippen molar-refractivity contribution in [3.8, 4) is 11.4 Å². The number of aryl methyl sites for hydroxylation is 2. The number of hydrogen-bond donors (Lipinski definition) is 2. The zero-order chi connectivity index (χ0) is 23.4.